The van der Waals surface area contributed by atoms with Crippen LogP contribution in [0.4, 0.5) is 0 Å². The fourth-order valence-corrected chi connectivity index (χ4v) is 3.06. The zero-order chi connectivity index (χ0) is 17.9. The average molecular weight is 359 g/mol. The molecule has 0 aliphatic carbocycles. The number of carbonyl (C=O) groups excluding carboxylic acids is 1. The van der Waals surface area contributed by atoms with Gasteiger partial charge in [0.25, 0.3) is 0 Å². The summed E-state index contributed by atoms with van der Waals surface area (Å²) in [7, 11) is 0. The van der Waals surface area contributed by atoms with Gasteiger partial charge in [0.2, 0.25) is 5.91 Å². The van der Waals surface area contributed by atoms with E-state index < -0.39 is 0 Å². The van der Waals surface area contributed by atoms with E-state index in [-0.39, 0.29) is 5.91 Å². The van der Waals surface area contributed by atoms with Crippen LogP contribution in [0.3, 0.4) is 0 Å². The summed E-state index contributed by atoms with van der Waals surface area (Å²) in [6, 6.07) is 14.1. The van der Waals surface area contributed by atoms with Gasteiger partial charge >= 0.3 is 0 Å². The molecule has 1 heterocycles. The molecule has 1 aromatic heterocycles. The van der Waals surface area contributed by atoms with E-state index in [4.69, 9.17) is 0 Å². The van der Waals surface area contributed by atoms with Crippen molar-refractivity contribution < 1.29 is 4.79 Å². The number of hydrogen-bond donors (Lipinski definition) is 3. The molecule has 2 aromatic rings. The molecule has 0 radical (unpaired) electrons. The van der Waals surface area contributed by atoms with Gasteiger partial charge < -0.3 is 16.0 Å². The Bertz CT molecular complexity index is 682. The van der Waals surface area contributed by atoms with Crippen molar-refractivity contribution in [1.82, 2.24) is 16.0 Å². The Hall–Kier alpha value is -2.34. The summed E-state index contributed by atoms with van der Waals surface area (Å²) in [6.07, 6.45) is 0.412. The van der Waals surface area contributed by atoms with Crippen LogP contribution in [0, 0.1) is 6.92 Å². The van der Waals surface area contributed by atoms with Crippen LogP contribution in [-0.2, 0) is 17.9 Å². The Labute approximate surface area is 153 Å². The molecule has 0 unspecified atom stereocenters. The molecule has 6 heteroatoms. The fourth-order valence-electron chi connectivity index (χ4n) is 2.25. The Balaban J connectivity index is 1.71. The number of amides is 1. The quantitative estimate of drug-likeness (QED) is 0.502. The van der Waals surface area contributed by atoms with Crippen molar-refractivity contribution in [3.63, 3.8) is 0 Å². The minimum absolute atomic E-state index is 0.0288. The summed E-state index contributed by atoms with van der Waals surface area (Å²) >= 11 is 1.75. The van der Waals surface area contributed by atoms with Crippen molar-refractivity contribution >= 4 is 23.2 Å². The lowest BCUT2D eigenvalue weighted by Crippen LogP contribution is -2.39. The Morgan fingerprint density at radius 3 is 2.56 bits per heavy atom. The molecular weight excluding hydrogens is 332 g/mol. The monoisotopic (exact) mass is 358 g/mol. The number of aliphatic imine (C=N–C) groups is 1. The van der Waals surface area contributed by atoms with Gasteiger partial charge in [-0.3, -0.25) is 4.79 Å². The zero-order valence-electron chi connectivity index (χ0n) is 14.8. The first kappa shape index (κ1) is 19.0. The lowest BCUT2D eigenvalue weighted by Gasteiger charge is -2.11. The number of carbonyl (C=O) groups is 1. The minimum Gasteiger partial charge on any atom is -0.357 e. The molecule has 0 bridgehead atoms. The molecule has 0 saturated heterocycles. The van der Waals surface area contributed by atoms with Gasteiger partial charge in [0.1, 0.15) is 0 Å². The smallest absolute Gasteiger partial charge is 0.222 e. The number of thiophene rings is 1. The van der Waals surface area contributed by atoms with Crippen LogP contribution in [-0.4, -0.2) is 25.0 Å². The second kappa shape index (κ2) is 10.5. The van der Waals surface area contributed by atoms with Crippen molar-refractivity contribution in [2.24, 2.45) is 4.99 Å². The first-order valence-corrected chi connectivity index (χ1v) is 9.37. The lowest BCUT2D eigenvalue weighted by atomic mass is 10.2. The van der Waals surface area contributed by atoms with E-state index in [1.165, 1.54) is 9.75 Å². The van der Waals surface area contributed by atoms with Crippen molar-refractivity contribution in [3.8, 4) is 0 Å². The maximum absolute atomic E-state index is 11.9. The van der Waals surface area contributed by atoms with Gasteiger partial charge in [-0.1, -0.05) is 30.3 Å². The normalized spacial score (nSPS) is 11.2. The van der Waals surface area contributed by atoms with E-state index >= 15 is 0 Å². The van der Waals surface area contributed by atoms with E-state index in [9.17, 15) is 4.79 Å². The predicted octanol–water partition coefficient (Wildman–Crippen LogP) is 2.82. The molecule has 0 aliphatic rings. The average Bonchev–Trinajstić information content (AvgIpc) is 3.04. The molecule has 0 aliphatic heterocycles. The van der Waals surface area contributed by atoms with Gasteiger partial charge in [-0.2, -0.15) is 0 Å². The number of guanidine groups is 1. The van der Waals surface area contributed by atoms with Crippen LogP contribution in [0.15, 0.2) is 47.5 Å². The van der Waals surface area contributed by atoms with Crippen LogP contribution in [0.5, 0.6) is 0 Å². The van der Waals surface area contributed by atoms with Gasteiger partial charge in [-0.15, -0.1) is 11.3 Å². The molecule has 2 rings (SSSR count). The van der Waals surface area contributed by atoms with Crippen molar-refractivity contribution in [3.05, 3.63) is 57.8 Å². The SMILES string of the molecule is CCNC(=NCc1ccc(C)s1)NCCC(=O)NCc1ccccc1. The van der Waals surface area contributed by atoms with Crippen LogP contribution in [0.1, 0.15) is 28.7 Å². The third-order valence-electron chi connectivity index (χ3n) is 3.51. The molecule has 25 heavy (non-hydrogen) atoms. The molecule has 0 atom stereocenters. The van der Waals surface area contributed by atoms with Gasteiger partial charge in [0, 0.05) is 35.8 Å². The zero-order valence-corrected chi connectivity index (χ0v) is 15.7. The maximum atomic E-state index is 11.9. The Kier molecular flexibility index (Phi) is 7.98. The van der Waals surface area contributed by atoms with Crippen molar-refractivity contribution in [2.75, 3.05) is 13.1 Å². The Morgan fingerprint density at radius 2 is 1.88 bits per heavy atom. The molecular formula is C19H26N4OS. The summed E-state index contributed by atoms with van der Waals surface area (Å²) in [5.41, 5.74) is 1.10. The highest BCUT2D eigenvalue weighted by atomic mass is 32.1. The van der Waals surface area contributed by atoms with Crippen molar-refractivity contribution in [2.45, 2.75) is 33.4 Å². The van der Waals surface area contributed by atoms with E-state index in [2.05, 4.69) is 40.0 Å². The van der Waals surface area contributed by atoms with E-state index in [1.807, 2.05) is 37.3 Å². The first-order chi connectivity index (χ1) is 12.2. The van der Waals surface area contributed by atoms with E-state index in [0.29, 0.717) is 26.1 Å². The third-order valence-corrected chi connectivity index (χ3v) is 4.50. The number of hydrogen-bond acceptors (Lipinski definition) is 3. The highest BCUT2D eigenvalue weighted by Gasteiger charge is 2.03. The summed E-state index contributed by atoms with van der Waals surface area (Å²) in [4.78, 5) is 19.0. The Morgan fingerprint density at radius 1 is 1.08 bits per heavy atom. The van der Waals surface area contributed by atoms with E-state index in [0.717, 1.165) is 18.1 Å². The highest BCUT2D eigenvalue weighted by molar-refractivity contribution is 7.11. The van der Waals surface area contributed by atoms with Crippen LogP contribution in [0.25, 0.3) is 0 Å². The van der Waals surface area contributed by atoms with Crippen LogP contribution < -0.4 is 16.0 Å². The lowest BCUT2D eigenvalue weighted by molar-refractivity contribution is -0.121. The summed E-state index contributed by atoms with van der Waals surface area (Å²) in [5.74, 6) is 0.769. The number of aryl methyl sites for hydroxylation is 1. The van der Waals surface area contributed by atoms with Crippen molar-refractivity contribution in [1.29, 1.82) is 0 Å². The second-order valence-electron chi connectivity index (χ2n) is 5.65. The third kappa shape index (κ3) is 7.39. The second-order valence-corrected chi connectivity index (χ2v) is 7.02. The van der Waals surface area contributed by atoms with Crippen LogP contribution in [0.2, 0.25) is 0 Å². The minimum atomic E-state index is 0.0288. The molecule has 3 N–H and O–H groups in total. The summed E-state index contributed by atoms with van der Waals surface area (Å²) in [6.45, 7) is 6.67. The molecule has 1 amide bonds. The molecule has 134 valence electrons. The molecule has 1 aromatic carbocycles. The molecule has 5 nitrogen and oxygen atoms in total. The fraction of sp³-hybridized carbons (Fsp3) is 0.368. The number of benzene rings is 1. The molecule has 0 spiro atoms. The largest absolute Gasteiger partial charge is 0.357 e. The molecule has 0 fully saturated rings. The maximum Gasteiger partial charge on any atom is 0.222 e. The van der Waals surface area contributed by atoms with Gasteiger partial charge in [-0.05, 0) is 31.5 Å². The van der Waals surface area contributed by atoms with Crippen LogP contribution >= 0.6 is 11.3 Å². The number of nitrogens with zero attached hydrogens (tertiary/aromatic N) is 1. The van der Waals surface area contributed by atoms with E-state index in [1.54, 1.807) is 11.3 Å². The first-order valence-electron chi connectivity index (χ1n) is 8.55. The predicted molar refractivity (Wildman–Crippen MR) is 105 cm³/mol. The number of rotatable bonds is 8. The summed E-state index contributed by atoms with van der Waals surface area (Å²) in [5, 5.41) is 9.34. The topological polar surface area (TPSA) is 65.5 Å². The van der Waals surface area contributed by atoms with Gasteiger partial charge in [0.15, 0.2) is 5.96 Å². The van der Waals surface area contributed by atoms with Gasteiger partial charge in [0.05, 0.1) is 6.54 Å². The summed E-state index contributed by atoms with van der Waals surface area (Å²) < 4.78 is 0. The molecule has 0 saturated carbocycles. The number of nitrogens with one attached hydrogen (secondary N) is 3. The van der Waals surface area contributed by atoms with Gasteiger partial charge in [-0.25, -0.2) is 4.99 Å². The highest BCUT2D eigenvalue weighted by Crippen LogP contribution is 2.15. The standard InChI is InChI=1S/C19H26N4OS/c1-3-20-19(23-14-17-10-9-15(2)25-17)21-12-11-18(24)22-13-16-7-5-4-6-8-16/h4-10H,3,11-14H2,1-2H3,(H,22,24)(H2,20,21,23).